The van der Waals surface area contributed by atoms with Gasteiger partial charge in [-0.3, -0.25) is 9.48 Å². The number of aryl methyl sites for hydroxylation is 1. The van der Waals surface area contributed by atoms with Crippen LogP contribution in [0.1, 0.15) is 44.0 Å². The Labute approximate surface area is 108 Å². The highest BCUT2D eigenvalue weighted by Crippen LogP contribution is 2.29. The number of fused-ring (bicyclic) bond motifs is 1. The van der Waals surface area contributed by atoms with Crippen molar-refractivity contribution >= 4 is 5.91 Å². The molecule has 0 saturated carbocycles. The summed E-state index contributed by atoms with van der Waals surface area (Å²) in [7, 11) is 1.95. The molecule has 0 radical (unpaired) electrons. The maximum absolute atomic E-state index is 12.0. The molecule has 2 rings (SSSR count). The number of hydrogen-bond acceptors (Lipinski definition) is 3. The zero-order valence-electron chi connectivity index (χ0n) is 11.3. The van der Waals surface area contributed by atoms with E-state index in [0.717, 1.165) is 24.8 Å². The molecular weight excluding hydrogens is 228 g/mol. The van der Waals surface area contributed by atoms with E-state index < -0.39 is 6.04 Å². The molecule has 5 nitrogen and oxygen atoms in total. The molecule has 1 heterocycles. The summed E-state index contributed by atoms with van der Waals surface area (Å²) in [6.07, 6.45) is 4.94. The standard InChI is InChI=1S/C13H22N4O/c1-8(2)12(14)13(18)16-10-5-4-6-11-9(10)7-15-17(11)3/h7-8,10,12H,4-6,14H2,1-3H3,(H,16,18)/t10?,12-/m1/s1. The highest BCUT2D eigenvalue weighted by atomic mass is 16.2. The lowest BCUT2D eigenvalue weighted by atomic mass is 9.92. The summed E-state index contributed by atoms with van der Waals surface area (Å²) in [5.74, 6) is 0.0914. The van der Waals surface area contributed by atoms with Crippen LogP contribution in [-0.4, -0.2) is 21.7 Å². The molecule has 100 valence electrons. The van der Waals surface area contributed by atoms with Crippen LogP contribution in [0.15, 0.2) is 6.20 Å². The SMILES string of the molecule is CC(C)[C@@H](N)C(=O)NC1CCCc2c1cnn2C. The van der Waals surface area contributed by atoms with Crippen molar-refractivity contribution in [3.8, 4) is 0 Å². The Morgan fingerprint density at radius 2 is 2.33 bits per heavy atom. The molecule has 0 fully saturated rings. The summed E-state index contributed by atoms with van der Waals surface area (Å²) in [5.41, 5.74) is 8.24. The van der Waals surface area contributed by atoms with Gasteiger partial charge in [0.05, 0.1) is 18.3 Å². The van der Waals surface area contributed by atoms with Gasteiger partial charge in [-0.25, -0.2) is 0 Å². The Morgan fingerprint density at radius 1 is 1.61 bits per heavy atom. The third-order valence-corrected chi connectivity index (χ3v) is 3.71. The molecule has 5 heteroatoms. The quantitative estimate of drug-likeness (QED) is 0.837. The van der Waals surface area contributed by atoms with Crippen molar-refractivity contribution in [3.05, 3.63) is 17.5 Å². The van der Waals surface area contributed by atoms with Gasteiger partial charge in [0.2, 0.25) is 5.91 Å². The summed E-state index contributed by atoms with van der Waals surface area (Å²) >= 11 is 0. The average Bonchev–Trinajstić information content (AvgIpc) is 2.71. The van der Waals surface area contributed by atoms with Crippen LogP contribution in [0.5, 0.6) is 0 Å². The molecular formula is C13H22N4O. The van der Waals surface area contributed by atoms with E-state index in [1.807, 2.05) is 31.8 Å². The third kappa shape index (κ3) is 2.41. The summed E-state index contributed by atoms with van der Waals surface area (Å²) in [5, 5.41) is 7.32. The van der Waals surface area contributed by atoms with Crippen LogP contribution in [0.3, 0.4) is 0 Å². The maximum atomic E-state index is 12.0. The fraction of sp³-hybridized carbons (Fsp3) is 0.692. The first-order valence-electron chi connectivity index (χ1n) is 6.57. The fourth-order valence-corrected chi connectivity index (χ4v) is 2.43. The molecule has 1 unspecified atom stereocenters. The Morgan fingerprint density at radius 3 is 3.00 bits per heavy atom. The van der Waals surface area contributed by atoms with Crippen molar-refractivity contribution in [3.63, 3.8) is 0 Å². The third-order valence-electron chi connectivity index (χ3n) is 3.71. The first-order valence-corrected chi connectivity index (χ1v) is 6.57. The zero-order valence-corrected chi connectivity index (χ0v) is 11.3. The molecule has 0 saturated heterocycles. The highest BCUT2D eigenvalue weighted by Gasteiger charge is 2.27. The number of aromatic nitrogens is 2. The molecule has 1 aliphatic carbocycles. The van der Waals surface area contributed by atoms with Gasteiger partial charge in [0.1, 0.15) is 0 Å². The second-order valence-corrected chi connectivity index (χ2v) is 5.39. The van der Waals surface area contributed by atoms with Crippen LogP contribution in [0.25, 0.3) is 0 Å². The van der Waals surface area contributed by atoms with Gasteiger partial charge in [-0.2, -0.15) is 5.10 Å². The lowest BCUT2D eigenvalue weighted by Crippen LogP contribution is -2.45. The van der Waals surface area contributed by atoms with Gasteiger partial charge in [0.15, 0.2) is 0 Å². The van der Waals surface area contributed by atoms with E-state index in [0.29, 0.717) is 0 Å². The molecule has 0 spiro atoms. The topological polar surface area (TPSA) is 72.9 Å². The Hall–Kier alpha value is -1.36. The molecule has 3 N–H and O–H groups in total. The smallest absolute Gasteiger partial charge is 0.237 e. The van der Waals surface area contributed by atoms with Crippen LogP contribution in [0.4, 0.5) is 0 Å². The van der Waals surface area contributed by atoms with E-state index in [-0.39, 0.29) is 17.9 Å². The summed E-state index contributed by atoms with van der Waals surface area (Å²) in [6, 6.07) is -0.369. The highest BCUT2D eigenvalue weighted by molar-refractivity contribution is 5.82. The second kappa shape index (κ2) is 5.10. The lowest BCUT2D eigenvalue weighted by molar-refractivity contribution is -0.124. The van der Waals surface area contributed by atoms with E-state index in [9.17, 15) is 4.79 Å². The Balaban J connectivity index is 2.10. The molecule has 0 bridgehead atoms. The molecule has 1 aromatic rings. The summed E-state index contributed by atoms with van der Waals surface area (Å²) in [4.78, 5) is 12.0. The molecule has 0 aromatic carbocycles. The van der Waals surface area contributed by atoms with Gasteiger partial charge in [-0.1, -0.05) is 13.8 Å². The molecule has 0 aliphatic heterocycles. The van der Waals surface area contributed by atoms with E-state index in [4.69, 9.17) is 5.73 Å². The molecule has 1 amide bonds. The van der Waals surface area contributed by atoms with Crippen molar-refractivity contribution in [1.82, 2.24) is 15.1 Å². The summed E-state index contributed by atoms with van der Waals surface area (Å²) in [6.45, 7) is 3.92. The molecule has 18 heavy (non-hydrogen) atoms. The van der Waals surface area contributed by atoms with Gasteiger partial charge >= 0.3 is 0 Å². The number of rotatable bonds is 3. The van der Waals surface area contributed by atoms with Crippen molar-refractivity contribution < 1.29 is 4.79 Å². The van der Waals surface area contributed by atoms with Crippen LogP contribution in [0.2, 0.25) is 0 Å². The monoisotopic (exact) mass is 250 g/mol. The molecule has 1 aromatic heterocycles. The van der Waals surface area contributed by atoms with Gasteiger partial charge < -0.3 is 11.1 Å². The average molecular weight is 250 g/mol. The van der Waals surface area contributed by atoms with Gasteiger partial charge in [0, 0.05) is 18.3 Å². The van der Waals surface area contributed by atoms with E-state index in [2.05, 4.69) is 10.4 Å². The van der Waals surface area contributed by atoms with Gasteiger partial charge in [-0.05, 0) is 25.2 Å². The van der Waals surface area contributed by atoms with E-state index >= 15 is 0 Å². The summed E-state index contributed by atoms with van der Waals surface area (Å²) < 4.78 is 1.90. The second-order valence-electron chi connectivity index (χ2n) is 5.39. The fourth-order valence-electron chi connectivity index (χ4n) is 2.43. The minimum absolute atomic E-state index is 0.0632. The predicted octanol–water partition coefficient (Wildman–Crippen LogP) is 0.897. The normalized spacial score (nSPS) is 20.6. The number of nitrogens with zero attached hydrogens (tertiary/aromatic N) is 2. The number of carbonyl (C=O) groups is 1. The minimum Gasteiger partial charge on any atom is -0.348 e. The Bertz CT molecular complexity index is 438. The minimum atomic E-state index is -0.438. The van der Waals surface area contributed by atoms with Crippen molar-refractivity contribution in [1.29, 1.82) is 0 Å². The van der Waals surface area contributed by atoms with Gasteiger partial charge in [0.25, 0.3) is 0 Å². The molecule has 2 atom stereocenters. The number of amides is 1. The Kier molecular flexibility index (Phi) is 3.71. The number of carbonyl (C=O) groups excluding carboxylic acids is 1. The lowest BCUT2D eigenvalue weighted by Gasteiger charge is -2.26. The predicted molar refractivity (Wildman–Crippen MR) is 69.8 cm³/mol. The number of hydrogen-bond donors (Lipinski definition) is 2. The van der Waals surface area contributed by atoms with Crippen LogP contribution in [0, 0.1) is 5.92 Å². The van der Waals surface area contributed by atoms with Crippen molar-refractivity contribution in [2.24, 2.45) is 18.7 Å². The van der Waals surface area contributed by atoms with Gasteiger partial charge in [-0.15, -0.1) is 0 Å². The number of nitrogens with two attached hydrogens (primary N) is 1. The maximum Gasteiger partial charge on any atom is 0.237 e. The number of nitrogens with one attached hydrogen (secondary N) is 1. The van der Waals surface area contributed by atoms with Crippen LogP contribution >= 0.6 is 0 Å². The van der Waals surface area contributed by atoms with E-state index in [1.54, 1.807) is 0 Å². The van der Waals surface area contributed by atoms with Crippen LogP contribution < -0.4 is 11.1 Å². The van der Waals surface area contributed by atoms with Crippen molar-refractivity contribution in [2.45, 2.75) is 45.2 Å². The van der Waals surface area contributed by atoms with Crippen LogP contribution in [-0.2, 0) is 18.3 Å². The first-order chi connectivity index (χ1) is 8.50. The largest absolute Gasteiger partial charge is 0.348 e. The van der Waals surface area contributed by atoms with Crippen molar-refractivity contribution in [2.75, 3.05) is 0 Å². The first kappa shape index (κ1) is 13.1. The zero-order chi connectivity index (χ0) is 13.3. The molecule has 1 aliphatic rings. The van der Waals surface area contributed by atoms with E-state index in [1.165, 1.54) is 5.69 Å².